The molecule has 2 aliphatic rings. The third-order valence-electron chi connectivity index (χ3n) is 6.08. The quantitative estimate of drug-likeness (QED) is 0.746. The number of aliphatic hydroxyl groups excluding tert-OH is 1. The standard InChI is InChI=1S/C21H31N3O3.ClH/c1-16(25)19(22)20(27)23-12-9-21(10-13-23)14-18(26)24(15-21)11-5-8-17-6-3-2-4-7-17;/h2-4,6-7,16,19,25H,5,8-15,22H2,1H3;1H/t16-,19+;/m0./s1. The van der Waals surface area contributed by atoms with Crippen molar-refractivity contribution in [1.29, 1.82) is 0 Å². The zero-order valence-corrected chi connectivity index (χ0v) is 17.4. The second-order valence-corrected chi connectivity index (χ2v) is 8.17. The Morgan fingerprint density at radius 2 is 1.89 bits per heavy atom. The molecule has 0 radical (unpaired) electrons. The van der Waals surface area contributed by atoms with Crippen LogP contribution in [-0.2, 0) is 16.0 Å². The molecule has 2 amide bonds. The maximum absolute atomic E-state index is 12.5. The van der Waals surface area contributed by atoms with Gasteiger partial charge in [0, 0.05) is 38.0 Å². The van der Waals surface area contributed by atoms with Gasteiger partial charge in [0.05, 0.1) is 6.10 Å². The van der Waals surface area contributed by atoms with Gasteiger partial charge in [0.25, 0.3) is 0 Å². The molecular formula is C21H32ClN3O3. The number of hydrogen-bond acceptors (Lipinski definition) is 4. The molecule has 2 atom stereocenters. The van der Waals surface area contributed by atoms with Crippen molar-refractivity contribution in [3.05, 3.63) is 35.9 Å². The molecule has 2 fully saturated rings. The Labute approximate surface area is 173 Å². The molecule has 1 spiro atoms. The molecule has 0 bridgehead atoms. The Balaban J connectivity index is 0.00000280. The first-order valence-corrected chi connectivity index (χ1v) is 9.94. The summed E-state index contributed by atoms with van der Waals surface area (Å²) in [6, 6.07) is 9.49. The van der Waals surface area contributed by atoms with Gasteiger partial charge in [0.1, 0.15) is 6.04 Å². The molecule has 0 unspecified atom stereocenters. The Bertz CT molecular complexity index is 660. The van der Waals surface area contributed by atoms with Gasteiger partial charge < -0.3 is 20.6 Å². The van der Waals surface area contributed by atoms with Gasteiger partial charge in [-0.1, -0.05) is 30.3 Å². The minimum Gasteiger partial charge on any atom is -0.391 e. The number of nitrogens with two attached hydrogens (primary N) is 1. The van der Waals surface area contributed by atoms with Crippen molar-refractivity contribution in [3.63, 3.8) is 0 Å². The van der Waals surface area contributed by atoms with E-state index in [0.717, 1.165) is 38.8 Å². The number of likely N-dealkylation sites (tertiary alicyclic amines) is 2. The van der Waals surface area contributed by atoms with Crippen LogP contribution in [0.2, 0.25) is 0 Å². The van der Waals surface area contributed by atoms with Crippen LogP contribution in [0.4, 0.5) is 0 Å². The molecule has 2 saturated heterocycles. The molecule has 1 aromatic carbocycles. The average Bonchev–Trinajstić information content (AvgIpc) is 2.97. The van der Waals surface area contributed by atoms with E-state index >= 15 is 0 Å². The summed E-state index contributed by atoms with van der Waals surface area (Å²) in [5.41, 5.74) is 7.08. The van der Waals surface area contributed by atoms with E-state index < -0.39 is 12.1 Å². The molecule has 0 aromatic heterocycles. The summed E-state index contributed by atoms with van der Waals surface area (Å²) < 4.78 is 0. The van der Waals surface area contributed by atoms with E-state index in [1.807, 2.05) is 23.1 Å². The molecule has 6 nitrogen and oxygen atoms in total. The maximum atomic E-state index is 12.5. The van der Waals surface area contributed by atoms with Gasteiger partial charge in [-0.25, -0.2) is 0 Å². The van der Waals surface area contributed by atoms with E-state index in [2.05, 4.69) is 12.1 Å². The van der Waals surface area contributed by atoms with Crippen LogP contribution < -0.4 is 5.73 Å². The van der Waals surface area contributed by atoms with E-state index in [9.17, 15) is 14.7 Å². The van der Waals surface area contributed by atoms with Gasteiger partial charge in [-0.2, -0.15) is 0 Å². The first-order chi connectivity index (χ1) is 12.9. The molecule has 7 heteroatoms. The van der Waals surface area contributed by atoms with Crippen molar-refractivity contribution >= 4 is 24.2 Å². The van der Waals surface area contributed by atoms with E-state index in [4.69, 9.17) is 5.73 Å². The van der Waals surface area contributed by atoms with Crippen LogP contribution in [0, 0.1) is 5.41 Å². The first kappa shape index (κ1) is 22.7. The van der Waals surface area contributed by atoms with E-state index in [1.165, 1.54) is 12.5 Å². The number of aliphatic hydroxyl groups is 1. The molecule has 0 aliphatic carbocycles. The highest BCUT2D eigenvalue weighted by Gasteiger charge is 2.45. The minimum absolute atomic E-state index is 0. The predicted octanol–water partition coefficient (Wildman–Crippen LogP) is 1.59. The number of halogens is 1. The van der Waals surface area contributed by atoms with Crippen molar-refractivity contribution in [1.82, 2.24) is 9.80 Å². The number of carbonyl (C=O) groups is 2. The highest BCUT2D eigenvalue weighted by atomic mass is 35.5. The summed E-state index contributed by atoms with van der Waals surface area (Å²) in [6.45, 7) is 4.36. The average molecular weight is 410 g/mol. The fourth-order valence-corrected chi connectivity index (χ4v) is 4.26. The number of hydrogen-bond donors (Lipinski definition) is 2. The first-order valence-electron chi connectivity index (χ1n) is 9.94. The maximum Gasteiger partial charge on any atom is 0.242 e. The molecule has 0 saturated carbocycles. The Hall–Kier alpha value is -1.63. The zero-order chi connectivity index (χ0) is 19.4. The topological polar surface area (TPSA) is 86.9 Å². The third kappa shape index (κ3) is 5.25. The summed E-state index contributed by atoms with van der Waals surface area (Å²) >= 11 is 0. The second-order valence-electron chi connectivity index (χ2n) is 8.17. The van der Waals surface area contributed by atoms with Gasteiger partial charge >= 0.3 is 0 Å². The van der Waals surface area contributed by atoms with E-state index in [1.54, 1.807) is 4.90 Å². The van der Waals surface area contributed by atoms with Crippen molar-refractivity contribution < 1.29 is 14.7 Å². The number of amides is 2. The number of benzene rings is 1. The lowest BCUT2D eigenvalue weighted by Crippen LogP contribution is -2.53. The van der Waals surface area contributed by atoms with Crippen molar-refractivity contribution in [2.75, 3.05) is 26.2 Å². The van der Waals surface area contributed by atoms with Crippen LogP contribution in [-0.4, -0.2) is 65.0 Å². The Morgan fingerprint density at radius 3 is 2.50 bits per heavy atom. The normalized spacial score (nSPS) is 20.8. The molecule has 28 heavy (non-hydrogen) atoms. The molecule has 1 aromatic rings. The third-order valence-corrected chi connectivity index (χ3v) is 6.08. The van der Waals surface area contributed by atoms with Gasteiger partial charge in [0.15, 0.2) is 0 Å². The minimum atomic E-state index is -0.862. The summed E-state index contributed by atoms with van der Waals surface area (Å²) in [4.78, 5) is 28.5. The fourth-order valence-electron chi connectivity index (χ4n) is 4.26. The largest absolute Gasteiger partial charge is 0.391 e. The lowest BCUT2D eigenvalue weighted by Gasteiger charge is -2.39. The van der Waals surface area contributed by atoms with Crippen LogP contribution >= 0.6 is 12.4 Å². The number of aryl methyl sites for hydroxylation is 1. The number of carbonyl (C=O) groups excluding carboxylic acids is 2. The molecule has 3 N–H and O–H groups in total. The molecule has 156 valence electrons. The van der Waals surface area contributed by atoms with Crippen LogP contribution in [0.15, 0.2) is 30.3 Å². The van der Waals surface area contributed by atoms with Gasteiger partial charge in [-0.05, 0) is 38.2 Å². The fraction of sp³-hybridized carbons (Fsp3) is 0.619. The molecule has 3 rings (SSSR count). The van der Waals surface area contributed by atoms with Crippen LogP contribution in [0.1, 0.15) is 38.2 Å². The summed E-state index contributed by atoms with van der Waals surface area (Å²) in [7, 11) is 0. The van der Waals surface area contributed by atoms with Gasteiger partial charge in [-0.15, -0.1) is 12.4 Å². The molecule has 2 aliphatic heterocycles. The second kappa shape index (κ2) is 9.72. The predicted molar refractivity (Wildman–Crippen MR) is 111 cm³/mol. The monoisotopic (exact) mass is 409 g/mol. The van der Waals surface area contributed by atoms with Crippen LogP contribution in [0.25, 0.3) is 0 Å². The number of rotatable bonds is 6. The van der Waals surface area contributed by atoms with Crippen molar-refractivity contribution in [2.24, 2.45) is 11.1 Å². The summed E-state index contributed by atoms with van der Waals surface area (Å²) in [5.74, 6) is 0.0485. The van der Waals surface area contributed by atoms with Gasteiger partial charge in [0.2, 0.25) is 11.8 Å². The van der Waals surface area contributed by atoms with Crippen molar-refractivity contribution in [3.8, 4) is 0 Å². The molecule has 2 heterocycles. The van der Waals surface area contributed by atoms with Crippen LogP contribution in [0.3, 0.4) is 0 Å². The summed E-state index contributed by atoms with van der Waals surface area (Å²) in [5, 5.41) is 9.54. The van der Waals surface area contributed by atoms with Gasteiger partial charge in [-0.3, -0.25) is 9.59 Å². The Kier molecular flexibility index (Phi) is 7.87. The summed E-state index contributed by atoms with van der Waals surface area (Å²) in [6.07, 6.45) is 3.35. The SMILES string of the molecule is C[C@H](O)[C@@H](N)C(=O)N1CCC2(CC1)CC(=O)N(CCCc1ccccc1)C2.Cl. The van der Waals surface area contributed by atoms with Crippen LogP contribution in [0.5, 0.6) is 0 Å². The highest BCUT2D eigenvalue weighted by molar-refractivity contribution is 5.85. The Morgan fingerprint density at radius 1 is 1.25 bits per heavy atom. The van der Waals surface area contributed by atoms with E-state index in [0.29, 0.717) is 19.5 Å². The zero-order valence-electron chi connectivity index (χ0n) is 16.5. The highest BCUT2D eigenvalue weighted by Crippen LogP contribution is 2.41. The smallest absolute Gasteiger partial charge is 0.242 e. The lowest BCUT2D eigenvalue weighted by atomic mass is 9.77. The number of nitrogens with zero attached hydrogens (tertiary/aromatic N) is 2. The molecular weight excluding hydrogens is 378 g/mol. The lowest BCUT2D eigenvalue weighted by molar-refractivity contribution is -0.137. The van der Waals surface area contributed by atoms with E-state index in [-0.39, 0.29) is 29.6 Å². The number of piperidine rings is 1. The van der Waals surface area contributed by atoms with Crippen molar-refractivity contribution in [2.45, 2.75) is 51.2 Å².